The number of benzene rings is 3. The van der Waals surface area contributed by atoms with Gasteiger partial charge in [0.2, 0.25) is 0 Å². The Morgan fingerprint density at radius 2 is 1.62 bits per heavy atom. The summed E-state index contributed by atoms with van der Waals surface area (Å²) in [5.41, 5.74) is 1.47. The van der Waals surface area contributed by atoms with Gasteiger partial charge in [-0.3, -0.25) is 4.79 Å². The summed E-state index contributed by atoms with van der Waals surface area (Å²) in [5, 5.41) is 2.22. The molecule has 0 fully saturated rings. The van der Waals surface area contributed by atoms with Crippen molar-refractivity contribution in [3.8, 4) is 5.75 Å². The first-order chi connectivity index (χ1) is 12.6. The molecule has 0 unspecified atom stereocenters. The second-order valence-corrected chi connectivity index (χ2v) is 6.66. The minimum absolute atomic E-state index is 0.105. The smallest absolute Gasteiger partial charge is 0.336 e. The number of methoxy groups -OCH3 is 1. The molecule has 0 radical (unpaired) electrons. The third kappa shape index (κ3) is 4.17. The molecule has 0 saturated carbocycles. The molecule has 26 heavy (non-hydrogen) atoms. The van der Waals surface area contributed by atoms with Crippen molar-refractivity contribution in [2.45, 2.75) is 6.82 Å². The van der Waals surface area contributed by atoms with E-state index in [1.54, 1.807) is 37.5 Å². The van der Waals surface area contributed by atoms with E-state index in [1.165, 1.54) is 0 Å². The van der Waals surface area contributed by atoms with Crippen molar-refractivity contribution in [2.75, 3.05) is 7.11 Å². The lowest BCUT2D eigenvalue weighted by Gasteiger charge is -2.11. The molecular weight excluding hydrogens is 391 g/mol. The summed E-state index contributed by atoms with van der Waals surface area (Å²) in [6.07, 6.45) is 1.55. The molecule has 3 aromatic rings. The van der Waals surface area contributed by atoms with Gasteiger partial charge >= 0.3 is 7.48 Å². The van der Waals surface area contributed by atoms with Crippen molar-refractivity contribution in [3.63, 3.8) is 0 Å². The van der Waals surface area contributed by atoms with Crippen molar-refractivity contribution < 1.29 is 14.2 Å². The predicted octanol–water partition coefficient (Wildman–Crippen LogP) is 5.25. The van der Waals surface area contributed by atoms with E-state index in [0.717, 1.165) is 26.6 Å². The van der Waals surface area contributed by atoms with Gasteiger partial charge in [0.05, 0.1) is 7.11 Å². The van der Waals surface area contributed by atoms with Gasteiger partial charge in [-0.05, 0) is 53.2 Å². The van der Waals surface area contributed by atoms with E-state index in [0.29, 0.717) is 18.8 Å². The Balaban J connectivity index is 1.95. The Morgan fingerprint density at radius 1 is 0.962 bits per heavy atom. The summed E-state index contributed by atoms with van der Waals surface area (Å²) in [5.74, 6) is 1.18. The largest absolute Gasteiger partial charge is 0.564 e. The maximum absolute atomic E-state index is 12.6. The highest BCUT2D eigenvalue weighted by Gasteiger charge is 2.09. The highest BCUT2D eigenvalue weighted by atomic mass is 79.9. The molecule has 3 rings (SSSR count). The van der Waals surface area contributed by atoms with E-state index in [-0.39, 0.29) is 5.78 Å². The molecule has 0 bridgehead atoms. The summed E-state index contributed by atoms with van der Waals surface area (Å²) < 4.78 is 11.9. The minimum Gasteiger partial charge on any atom is -0.564 e. The number of halogens is 1. The van der Waals surface area contributed by atoms with Gasteiger partial charge in [-0.1, -0.05) is 41.0 Å². The Labute approximate surface area is 162 Å². The topological polar surface area (TPSA) is 35.5 Å². The first kappa shape index (κ1) is 18.3. The van der Waals surface area contributed by atoms with Crippen LogP contribution >= 0.6 is 15.9 Å². The number of carbonyl (C=O) groups is 1. The van der Waals surface area contributed by atoms with Crippen LogP contribution in [0, 0.1) is 0 Å². The fraction of sp³-hybridized carbons (Fsp3) is 0.0952. The zero-order valence-corrected chi connectivity index (χ0v) is 16.2. The fourth-order valence-corrected chi connectivity index (χ4v) is 3.07. The number of hydrogen-bond acceptors (Lipinski definition) is 3. The van der Waals surface area contributed by atoms with Crippen molar-refractivity contribution in [3.05, 3.63) is 82.3 Å². The number of hydrogen-bond donors (Lipinski definition) is 0. The standard InChI is InChI=1S/C21H18BBrO3/c1-22-26-21(13-20(24)14-6-9-19(25-2)10-7-14)17-4-3-16-12-18(23)8-5-15(16)11-17/h3-13,22H,1-2H3/b21-13-. The molecule has 3 aromatic carbocycles. The van der Waals surface area contributed by atoms with Crippen LogP contribution in [0.3, 0.4) is 0 Å². The number of fused-ring (bicyclic) bond motifs is 1. The monoisotopic (exact) mass is 408 g/mol. The molecule has 0 saturated heterocycles. The molecule has 0 aliphatic rings. The summed E-state index contributed by atoms with van der Waals surface area (Å²) >= 11 is 3.48. The molecular formula is C21H18BBrO3. The SMILES string of the molecule is CBO/C(=C\C(=O)c1ccc(OC)cc1)c1ccc2cc(Br)ccc2c1. The maximum atomic E-state index is 12.6. The van der Waals surface area contributed by atoms with Crippen LogP contribution in [0.1, 0.15) is 15.9 Å². The van der Waals surface area contributed by atoms with E-state index < -0.39 is 0 Å². The van der Waals surface area contributed by atoms with E-state index in [9.17, 15) is 4.79 Å². The molecule has 0 amide bonds. The van der Waals surface area contributed by atoms with Gasteiger partial charge in [0.1, 0.15) is 11.5 Å². The Bertz CT molecular complexity index is 965. The average Bonchev–Trinajstić information content (AvgIpc) is 2.67. The number of allylic oxidation sites excluding steroid dienone is 1. The maximum Gasteiger partial charge on any atom is 0.336 e. The first-order valence-electron chi connectivity index (χ1n) is 8.33. The molecule has 0 atom stereocenters. The van der Waals surface area contributed by atoms with Gasteiger partial charge in [-0.15, -0.1) is 0 Å². The first-order valence-corrected chi connectivity index (χ1v) is 9.12. The molecule has 130 valence electrons. The number of ketones is 1. The van der Waals surface area contributed by atoms with Crippen LogP contribution in [0.4, 0.5) is 0 Å². The molecule has 0 aliphatic carbocycles. The van der Waals surface area contributed by atoms with Gasteiger partial charge in [0.15, 0.2) is 5.78 Å². The van der Waals surface area contributed by atoms with Crippen molar-refractivity contribution in [2.24, 2.45) is 0 Å². The van der Waals surface area contributed by atoms with E-state index >= 15 is 0 Å². The van der Waals surface area contributed by atoms with Crippen molar-refractivity contribution in [1.82, 2.24) is 0 Å². The van der Waals surface area contributed by atoms with Crippen LogP contribution in [-0.4, -0.2) is 20.4 Å². The molecule has 5 heteroatoms. The predicted molar refractivity (Wildman–Crippen MR) is 111 cm³/mol. The van der Waals surface area contributed by atoms with Crippen LogP contribution in [0.25, 0.3) is 16.5 Å². The lowest BCUT2D eigenvalue weighted by atomic mass is 10.0. The molecule has 0 heterocycles. The summed E-state index contributed by atoms with van der Waals surface area (Å²) in [4.78, 5) is 12.6. The third-order valence-electron chi connectivity index (χ3n) is 4.02. The number of carbonyl (C=O) groups excluding carboxylic acids is 1. The van der Waals surface area contributed by atoms with Crippen LogP contribution in [-0.2, 0) is 4.65 Å². The zero-order chi connectivity index (χ0) is 18.5. The van der Waals surface area contributed by atoms with Crippen LogP contribution in [0.2, 0.25) is 6.82 Å². The van der Waals surface area contributed by atoms with Crippen LogP contribution in [0.15, 0.2) is 71.2 Å². The van der Waals surface area contributed by atoms with E-state index in [1.807, 2.05) is 37.2 Å². The molecule has 0 N–H and O–H groups in total. The van der Waals surface area contributed by atoms with Crippen molar-refractivity contribution >= 4 is 45.7 Å². The van der Waals surface area contributed by atoms with Crippen molar-refractivity contribution in [1.29, 1.82) is 0 Å². The van der Waals surface area contributed by atoms with Crippen LogP contribution < -0.4 is 4.74 Å². The molecule has 3 nitrogen and oxygen atoms in total. The van der Waals surface area contributed by atoms with Gasteiger partial charge in [0, 0.05) is 21.7 Å². The number of ether oxygens (including phenoxy) is 1. The van der Waals surface area contributed by atoms with Gasteiger partial charge < -0.3 is 9.39 Å². The lowest BCUT2D eigenvalue weighted by Crippen LogP contribution is -2.01. The van der Waals surface area contributed by atoms with Crippen LogP contribution in [0.5, 0.6) is 5.75 Å². The highest BCUT2D eigenvalue weighted by molar-refractivity contribution is 9.10. The van der Waals surface area contributed by atoms with Gasteiger partial charge in [0.25, 0.3) is 0 Å². The Morgan fingerprint density at radius 3 is 2.31 bits per heavy atom. The minimum atomic E-state index is -0.105. The average molecular weight is 409 g/mol. The summed E-state index contributed by atoms with van der Waals surface area (Å²) in [6, 6.07) is 19.2. The molecule has 0 aromatic heterocycles. The van der Waals surface area contributed by atoms with E-state index in [4.69, 9.17) is 9.39 Å². The number of rotatable bonds is 6. The van der Waals surface area contributed by atoms with E-state index in [2.05, 4.69) is 22.0 Å². The normalized spacial score (nSPS) is 11.3. The Hall–Kier alpha value is -2.53. The lowest BCUT2D eigenvalue weighted by molar-refractivity contribution is 0.104. The van der Waals surface area contributed by atoms with Gasteiger partial charge in [-0.25, -0.2) is 0 Å². The second-order valence-electron chi connectivity index (χ2n) is 5.74. The zero-order valence-electron chi connectivity index (χ0n) is 14.7. The highest BCUT2D eigenvalue weighted by Crippen LogP contribution is 2.25. The fourth-order valence-electron chi connectivity index (χ4n) is 2.69. The third-order valence-corrected chi connectivity index (χ3v) is 4.52. The summed E-state index contributed by atoms with van der Waals surface area (Å²) in [7, 11) is 2.09. The summed E-state index contributed by atoms with van der Waals surface area (Å²) in [6.45, 7) is 1.91. The quantitative estimate of drug-likeness (QED) is 0.242. The molecule has 0 aliphatic heterocycles. The van der Waals surface area contributed by atoms with Gasteiger partial charge in [-0.2, -0.15) is 0 Å². The molecule has 0 spiro atoms. The Kier molecular flexibility index (Phi) is 5.79. The second kappa shape index (κ2) is 8.24.